The minimum absolute atomic E-state index is 0.101. The quantitative estimate of drug-likeness (QED) is 0.839. The van der Waals surface area contributed by atoms with Gasteiger partial charge in [0.15, 0.2) is 6.19 Å². The molecule has 1 aliphatic heterocycles. The second-order valence-corrected chi connectivity index (χ2v) is 6.47. The first-order chi connectivity index (χ1) is 13.0. The van der Waals surface area contributed by atoms with Gasteiger partial charge >= 0.3 is 0 Å². The molecule has 1 saturated heterocycles. The molecule has 1 aliphatic rings. The highest BCUT2D eigenvalue weighted by molar-refractivity contribution is 5.98. The number of aromatic nitrogens is 1. The number of ether oxygens (including phenoxy) is 1. The molecule has 1 amide bonds. The van der Waals surface area contributed by atoms with Crippen LogP contribution in [0.4, 0.5) is 0 Å². The summed E-state index contributed by atoms with van der Waals surface area (Å²) in [5.74, 6) is 0.0970. The number of carbonyl (C=O) groups is 1. The van der Waals surface area contributed by atoms with E-state index in [1.165, 1.54) is 13.3 Å². The average molecular weight is 361 g/mol. The molecule has 136 valence electrons. The van der Waals surface area contributed by atoms with Gasteiger partial charge in [-0.2, -0.15) is 10.5 Å². The van der Waals surface area contributed by atoms with Crippen LogP contribution in [0.5, 0.6) is 5.75 Å². The van der Waals surface area contributed by atoms with E-state index in [4.69, 9.17) is 15.3 Å². The molecule has 0 spiro atoms. The van der Waals surface area contributed by atoms with Crippen molar-refractivity contribution in [1.82, 2.24) is 15.2 Å². The van der Waals surface area contributed by atoms with Gasteiger partial charge in [0.1, 0.15) is 5.75 Å². The summed E-state index contributed by atoms with van der Waals surface area (Å²) in [5.41, 5.74) is 2.22. The molecule has 7 heteroatoms. The lowest BCUT2D eigenvalue weighted by molar-refractivity contribution is 0.0935. The van der Waals surface area contributed by atoms with Crippen molar-refractivity contribution in [3.63, 3.8) is 0 Å². The zero-order valence-electron chi connectivity index (χ0n) is 15.1. The average Bonchev–Trinajstić information content (AvgIpc) is 3.06. The Labute approximate surface area is 157 Å². The number of nitriles is 2. The fourth-order valence-corrected chi connectivity index (χ4v) is 3.23. The molecule has 3 rings (SSSR count). The number of carbonyl (C=O) groups excluding carboxylic acids is 1. The maximum Gasteiger partial charge on any atom is 0.255 e. The van der Waals surface area contributed by atoms with Crippen LogP contribution in [0.2, 0.25) is 0 Å². The third-order valence-electron chi connectivity index (χ3n) is 4.66. The molecule has 0 saturated carbocycles. The molecule has 2 atom stereocenters. The minimum Gasteiger partial charge on any atom is -0.494 e. The predicted molar refractivity (Wildman–Crippen MR) is 98.6 cm³/mol. The van der Waals surface area contributed by atoms with Crippen LogP contribution in [0, 0.1) is 22.8 Å². The van der Waals surface area contributed by atoms with Crippen LogP contribution < -0.4 is 10.1 Å². The predicted octanol–water partition coefficient (Wildman–Crippen LogP) is 2.30. The lowest BCUT2D eigenvalue weighted by Gasteiger charge is -2.15. The van der Waals surface area contributed by atoms with E-state index < -0.39 is 0 Å². The van der Waals surface area contributed by atoms with Crippen molar-refractivity contribution in [3.05, 3.63) is 47.7 Å². The third kappa shape index (κ3) is 3.83. The lowest BCUT2D eigenvalue weighted by atomic mass is 10.1. The molecule has 2 heterocycles. The maximum atomic E-state index is 12.8. The smallest absolute Gasteiger partial charge is 0.255 e. The van der Waals surface area contributed by atoms with Crippen molar-refractivity contribution < 1.29 is 9.53 Å². The van der Waals surface area contributed by atoms with Gasteiger partial charge in [0.05, 0.1) is 36.2 Å². The zero-order chi connectivity index (χ0) is 19.4. The first-order valence-corrected chi connectivity index (χ1v) is 8.57. The van der Waals surface area contributed by atoms with Crippen molar-refractivity contribution in [2.24, 2.45) is 0 Å². The van der Waals surface area contributed by atoms with E-state index in [1.54, 1.807) is 29.2 Å². The molecule has 1 aromatic heterocycles. The number of benzene rings is 1. The largest absolute Gasteiger partial charge is 0.494 e. The fourth-order valence-electron chi connectivity index (χ4n) is 3.23. The Hall–Kier alpha value is -3.58. The topological polar surface area (TPSA) is 102 Å². The second-order valence-electron chi connectivity index (χ2n) is 6.47. The van der Waals surface area contributed by atoms with Crippen molar-refractivity contribution in [2.45, 2.75) is 25.4 Å². The Morgan fingerprint density at radius 3 is 2.85 bits per heavy atom. The van der Waals surface area contributed by atoms with Crippen LogP contribution in [-0.2, 0) is 0 Å². The second kappa shape index (κ2) is 7.76. The van der Waals surface area contributed by atoms with E-state index in [9.17, 15) is 4.79 Å². The number of likely N-dealkylation sites (tertiary alicyclic amines) is 1. The Morgan fingerprint density at radius 2 is 2.19 bits per heavy atom. The van der Waals surface area contributed by atoms with Gasteiger partial charge in [-0.3, -0.25) is 9.78 Å². The normalized spacial score (nSPS) is 18.4. The van der Waals surface area contributed by atoms with Gasteiger partial charge in [-0.25, -0.2) is 0 Å². The fraction of sp³-hybridized carbons (Fsp3) is 0.300. The summed E-state index contributed by atoms with van der Waals surface area (Å²) in [4.78, 5) is 18.8. The summed E-state index contributed by atoms with van der Waals surface area (Å²) < 4.78 is 5.29. The van der Waals surface area contributed by atoms with Crippen LogP contribution in [0.3, 0.4) is 0 Å². The van der Waals surface area contributed by atoms with Crippen molar-refractivity contribution in [3.8, 4) is 29.3 Å². The van der Waals surface area contributed by atoms with Gasteiger partial charge in [0, 0.05) is 24.2 Å². The number of methoxy groups -OCH3 is 1. The number of amides is 1. The molecule has 7 nitrogen and oxygen atoms in total. The van der Waals surface area contributed by atoms with E-state index >= 15 is 0 Å². The van der Waals surface area contributed by atoms with Crippen LogP contribution >= 0.6 is 0 Å². The summed E-state index contributed by atoms with van der Waals surface area (Å²) in [6.07, 6.45) is 4.36. The number of nitrogens with zero attached hydrogens (tertiary/aromatic N) is 4. The summed E-state index contributed by atoms with van der Waals surface area (Å²) in [5, 5.41) is 21.2. The summed E-state index contributed by atoms with van der Waals surface area (Å²) >= 11 is 0. The van der Waals surface area contributed by atoms with Crippen molar-refractivity contribution in [1.29, 1.82) is 10.5 Å². The van der Waals surface area contributed by atoms with Crippen LogP contribution in [-0.4, -0.2) is 41.5 Å². The molecular formula is C20H19N5O2. The standard InChI is InChI=1S/C20H19N5O2/c1-13-6-16(11-25(13)12-22)24-20(26)17-8-18(23-10-19(17)27-2)15-5-3-4-14(7-15)9-21/h3-5,7-8,10,13,16H,6,11H2,1-2H3,(H,24,26)/t13-,16-/m1/s1. The first kappa shape index (κ1) is 18.2. The highest BCUT2D eigenvalue weighted by Gasteiger charge is 2.30. The molecule has 1 aromatic carbocycles. The van der Waals surface area contributed by atoms with Gasteiger partial charge in [-0.05, 0) is 31.5 Å². The van der Waals surface area contributed by atoms with Crippen LogP contribution in [0.25, 0.3) is 11.3 Å². The zero-order valence-corrected chi connectivity index (χ0v) is 15.1. The van der Waals surface area contributed by atoms with Gasteiger partial charge in [0.25, 0.3) is 5.91 Å². The highest BCUT2D eigenvalue weighted by atomic mass is 16.5. The van der Waals surface area contributed by atoms with E-state index in [0.29, 0.717) is 35.5 Å². The number of pyridine rings is 1. The van der Waals surface area contributed by atoms with E-state index in [1.807, 2.05) is 13.0 Å². The van der Waals surface area contributed by atoms with Gasteiger partial charge in [-0.15, -0.1) is 0 Å². The van der Waals surface area contributed by atoms with E-state index in [2.05, 4.69) is 22.6 Å². The Kier molecular flexibility index (Phi) is 5.23. The molecule has 1 N–H and O–H groups in total. The molecule has 2 aromatic rings. The molecule has 0 unspecified atom stereocenters. The molecule has 0 bridgehead atoms. The summed E-state index contributed by atoms with van der Waals surface area (Å²) in [6, 6.07) is 10.8. The maximum absolute atomic E-state index is 12.8. The molecule has 0 radical (unpaired) electrons. The van der Waals surface area contributed by atoms with E-state index in [0.717, 1.165) is 5.56 Å². The van der Waals surface area contributed by atoms with E-state index in [-0.39, 0.29) is 18.0 Å². The van der Waals surface area contributed by atoms with Gasteiger partial charge in [-0.1, -0.05) is 12.1 Å². The van der Waals surface area contributed by atoms with Crippen molar-refractivity contribution >= 4 is 5.91 Å². The number of hydrogen-bond acceptors (Lipinski definition) is 6. The minimum atomic E-state index is -0.274. The van der Waals surface area contributed by atoms with Gasteiger partial charge < -0.3 is 15.0 Å². The van der Waals surface area contributed by atoms with Crippen LogP contribution in [0.15, 0.2) is 36.5 Å². The SMILES string of the molecule is COc1cnc(-c2cccc(C#N)c2)cc1C(=O)N[C@@H]1C[C@@H](C)N(C#N)C1. The van der Waals surface area contributed by atoms with Crippen LogP contribution in [0.1, 0.15) is 29.3 Å². The highest BCUT2D eigenvalue weighted by Crippen LogP contribution is 2.25. The number of nitrogens with one attached hydrogen (secondary N) is 1. The molecule has 1 fully saturated rings. The number of hydrogen-bond donors (Lipinski definition) is 1. The summed E-state index contributed by atoms with van der Waals surface area (Å²) in [6.45, 7) is 2.45. The number of rotatable bonds is 4. The molecule has 0 aliphatic carbocycles. The third-order valence-corrected chi connectivity index (χ3v) is 4.66. The van der Waals surface area contributed by atoms with Gasteiger partial charge in [0.2, 0.25) is 0 Å². The van der Waals surface area contributed by atoms with Crippen molar-refractivity contribution in [2.75, 3.05) is 13.7 Å². The molecule has 27 heavy (non-hydrogen) atoms. The monoisotopic (exact) mass is 361 g/mol. The molecular weight excluding hydrogens is 342 g/mol. The lowest BCUT2D eigenvalue weighted by Crippen LogP contribution is -2.36. The Bertz CT molecular complexity index is 944. The summed E-state index contributed by atoms with van der Waals surface area (Å²) in [7, 11) is 1.48. The first-order valence-electron chi connectivity index (χ1n) is 8.57. The Morgan fingerprint density at radius 1 is 1.37 bits per heavy atom. The Balaban J connectivity index is 1.87.